The van der Waals surface area contributed by atoms with E-state index in [0.29, 0.717) is 10.9 Å². The third-order valence-corrected chi connectivity index (χ3v) is 3.37. The van der Waals surface area contributed by atoms with Crippen LogP contribution in [0.1, 0.15) is 10.4 Å². The van der Waals surface area contributed by atoms with Gasteiger partial charge in [-0.05, 0) is 17.7 Å². The van der Waals surface area contributed by atoms with E-state index in [2.05, 4.69) is 9.97 Å². The molecule has 0 atom stereocenters. The maximum absolute atomic E-state index is 11.0. The number of nitrogens with zero attached hydrogens (tertiary/aromatic N) is 2. The van der Waals surface area contributed by atoms with Gasteiger partial charge in [0.2, 0.25) is 0 Å². The maximum atomic E-state index is 11.0. The zero-order chi connectivity index (χ0) is 11.5. The molecule has 0 amide bonds. The number of thiophene rings is 1. The lowest BCUT2D eigenvalue weighted by molar-refractivity contribution is 0.0696. The molecule has 16 heavy (non-hydrogen) atoms. The van der Waals surface area contributed by atoms with Crippen LogP contribution in [0.2, 0.25) is 0 Å². The molecule has 0 aliphatic rings. The second-order valence-corrected chi connectivity index (χ2v) is 4.62. The highest BCUT2D eigenvalue weighted by Crippen LogP contribution is 2.27. The number of hydrogen-bond acceptors (Lipinski definition) is 5. The Kier molecular flexibility index (Phi) is 3.21. The fourth-order valence-electron chi connectivity index (χ4n) is 1.22. The normalized spacial score (nSPS) is 10.3. The predicted molar refractivity (Wildman–Crippen MR) is 64.1 cm³/mol. The molecule has 0 aromatic carbocycles. The lowest BCUT2D eigenvalue weighted by Gasteiger charge is -2.03. The monoisotopic (exact) mass is 252 g/mol. The summed E-state index contributed by atoms with van der Waals surface area (Å²) in [4.78, 5) is 20.1. The first-order valence-electron chi connectivity index (χ1n) is 4.40. The Hall–Kier alpha value is -1.40. The van der Waals surface area contributed by atoms with Crippen LogP contribution in [0.15, 0.2) is 28.9 Å². The van der Waals surface area contributed by atoms with Crippen molar-refractivity contribution >= 4 is 29.1 Å². The first-order valence-corrected chi connectivity index (χ1v) is 6.51. The van der Waals surface area contributed by atoms with Gasteiger partial charge in [0.05, 0.1) is 10.6 Å². The molecule has 0 saturated carbocycles. The zero-order valence-corrected chi connectivity index (χ0v) is 10.0. The largest absolute Gasteiger partial charge is 0.478 e. The number of aromatic carboxylic acids is 1. The van der Waals surface area contributed by atoms with Gasteiger partial charge in [0.1, 0.15) is 5.56 Å². The first-order chi connectivity index (χ1) is 7.72. The highest BCUT2D eigenvalue weighted by atomic mass is 32.2. The van der Waals surface area contributed by atoms with Crippen molar-refractivity contribution in [3.05, 3.63) is 29.3 Å². The van der Waals surface area contributed by atoms with Crippen LogP contribution in [0.25, 0.3) is 10.6 Å². The average Bonchev–Trinajstić information content (AvgIpc) is 2.81. The molecule has 1 N–H and O–H groups in total. The van der Waals surface area contributed by atoms with Crippen molar-refractivity contribution in [3.63, 3.8) is 0 Å². The van der Waals surface area contributed by atoms with Gasteiger partial charge in [-0.25, -0.2) is 14.8 Å². The average molecular weight is 252 g/mol. The van der Waals surface area contributed by atoms with Crippen LogP contribution in [0.5, 0.6) is 0 Å². The zero-order valence-electron chi connectivity index (χ0n) is 8.38. The lowest BCUT2D eigenvalue weighted by Crippen LogP contribution is -2.03. The smallest absolute Gasteiger partial charge is 0.339 e. The van der Waals surface area contributed by atoms with Crippen molar-refractivity contribution in [2.75, 3.05) is 6.26 Å². The van der Waals surface area contributed by atoms with Gasteiger partial charge in [-0.1, -0.05) is 17.8 Å². The molecule has 82 valence electrons. The summed E-state index contributed by atoms with van der Waals surface area (Å²) >= 11 is 2.85. The first kappa shape index (κ1) is 11.1. The van der Waals surface area contributed by atoms with Gasteiger partial charge in [-0.3, -0.25) is 0 Å². The van der Waals surface area contributed by atoms with Crippen molar-refractivity contribution in [2.24, 2.45) is 0 Å². The standard InChI is InChI=1S/C10H8N2O2S2/c1-15-10-11-5-6(9(13)14)8(12-10)7-3-2-4-16-7/h2-5H,1H3,(H,13,14). The minimum absolute atomic E-state index is 0.139. The van der Waals surface area contributed by atoms with E-state index in [1.807, 2.05) is 23.8 Å². The van der Waals surface area contributed by atoms with Crippen LogP contribution < -0.4 is 0 Å². The molecule has 0 saturated heterocycles. The summed E-state index contributed by atoms with van der Waals surface area (Å²) in [6.07, 6.45) is 3.21. The van der Waals surface area contributed by atoms with Crippen molar-refractivity contribution in [2.45, 2.75) is 5.16 Å². The van der Waals surface area contributed by atoms with Crippen LogP contribution in [0.4, 0.5) is 0 Å². The number of rotatable bonds is 3. The predicted octanol–water partition coefficient (Wildman–Crippen LogP) is 2.63. The minimum Gasteiger partial charge on any atom is -0.478 e. The molecule has 0 unspecified atom stereocenters. The Balaban J connectivity index is 2.59. The van der Waals surface area contributed by atoms with E-state index in [0.717, 1.165) is 4.88 Å². The van der Waals surface area contributed by atoms with Gasteiger partial charge < -0.3 is 5.11 Å². The van der Waals surface area contributed by atoms with Gasteiger partial charge >= 0.3 is 5.97 Å². The summed E-state index contributed by atoms with van der Waals surface area (Å²) in [6, 6.07) is 3.72. The van der Waals surface area contributed by atoms with Crippen LogP contribution in [0.3, 0.4) is 0 Å². The molecule has 4 nitrogen and oxygen atoms in total. The van der Waals surface area contributed by atoms with Crippen molar-refractivity contribution in [1.82, 2.24) is 9.97 Å². The molecule has 2 rings (SSSR count). The third-order valence-electron chi connectivity index (χ3n) is 1.93. The molecular weight excluding hydrogens is 244 g/mol. The Labute approximate surface area is 100 Å². The van der Waals surface area contributed by atoms with Gasteiger partial charge in [0.25, 0.3) is 0 Å². The summed E-state index contributed by atoms with van der Waals surface area (Å²) in [5, 5.41) is 11.5. The van der Waals surface area contributed by atoms with E-state index < -0.39 is 5.97 Å². The maximum Gasteiger partial charge on any atom is 0.339 e. The minimum atomic E-state index is -1.00. The Morgan fingerprint density at radius 3 is 2.94 bits per heavy atom. The molecule has 2 aromatic heterocycles. The molecular formula is C10H8N2O2S2. The van der Waals surface area contributed by atoms with Crippen LogP contribution in [0, 0.1) is 0 Å². The fourth-order valence-corrected chi connectivity index (χ4v) is 2.29. The van der Waals surface area contributed by atoms with E-state index in [-0.39, 0.29) is 5.56 Å². The second-order valence-electron chi connectivity index (χ2n) is 2.90. The van der Waals surface area contributed by atoms with Crippen LogP contribution in [-0.2, 0) is 0 Å². The van der Waals surface area contributed by atoms with E-state index in [9.17, 15) is 4.79 Å². The van der Waals surface area contributed by atoms with Gasteiger partial charge in [-0.2, -0.15) is 0 Å². The van der Waals surface area contributed by atoms with Crippen molar-refractivity contribution in [3.8, 4) is 10.6 Å². The number of carboxylic acids is 1. The molecule has 0 fully saturated rings. The quantitative estimate of drug-likeness (QED) is 0.672. The molecule has 2 heterocycles. The molecule has 6 heteroatoms. The number of aromatic nitrogens is 2. The van der Waals surface area contributed by atoms with Gasteiger partial charge in [0.15, 0.2) is 5.16 Å². The molecule has 0 bridgehead atoms. The number of hydrogen-bond donors (Lipinski definition) is 1. The lowest BCUT2D eigenvalue weighted by atomic mass is 10.2. The Morgan fingerprint density at radius 1 is 1.56 bits per heavy atom. The van der Waals surface area contributed by atoms with E-state index in [4.69, 9.17) is 5.11 Å². The summed E-state index contributed by atoms with van der Waals surface area (Å²) < 4.78 is 0. The van der Waals surface area contributed by atoms with Crippen molar-refractivity contribution < 1.29 is 9.90 Å². The number of carboxylic acid groups (broad SMARTS) is 1. The second kappa shape index (κ2) is 4.63. The molecule has 0 radical (unpaired) electrons. The van der Waals surface area contributed by atoms with E-state index in [1.165, 1.54) is 29.3 Å². The highest BCUT2D eigenvalue weighted by molar-refractivity contribution is 7.98. The summed E-state index contributed by atoms with van der Waals surface area (Å²) in [7, 11) is 0. The van der Waals surface area contributed by atoms with Gasteiger partial charge in [0, 0.05) is 6.20 Å². The molecule has 0 aliphatic carbocycles. The fraction of sp³-hybridized carbons (Fsp3) is 0.100. The molecule has 0 aliphatic heterocycles. The third kappa shape index (κ3) is 2.07. The Morgan fingerprint density at radius 2 is 2.38 bits per heavy atom. The van der Waals surface area contributed by atoms with E-state index in [1.54, 1.807) is 0 Å². The van der Waals surface area contributed by atoms with Crippen molar-refractivity contribution in [1.29, 1.82) is 0 Å². The van der Waals surface area contributed by atoms with E-state index >= 15 is 0 Å². The molecule has 0 spiro atoms. The molecule has 2 aromatic rings. The van der Waals surface area contributed by atoms with Crippen LogP contribution in [-0.4, -0.2) is 27.3 Å². The number of thioether (sulfide) groups is 1. The topological polar surface area (TPSA) is 63.1 Å². The summed E-state index contributed by atoms with van der Waals surface area (Å²) in [5.41, 5.74) is 0.627. The highest BCUT2D eigenvalue weighted by Gasteiger charge is 2.15. The van der Waals surface area contributed by atoms with Gasteiger partial charge in [-0.15, -0.1) is 11.3 Å². The Bertz CT molecular complexity index is 512. The summed E-state index contributed by atoms with van der Waals surface area (Å²) in [5.74, 6) is -1.00. The summed E-state index contributed by atoms with van der Waals surface area (Å²) in [6.45, 7) is 0. The van der Waals surface area contributed by atoms with Crippen LogP contribution >= 0.6 is 23.1 Å². The SMILES string of the molecule is CSc1ncc(C(=O)O)c(-c2cccs2)n1. The number of carbonyl (C=O) groups is 1.